The van der Waals surface area contributed by atoms with E-state index in [4.69, 9.17) is 4.84 Å². The van der Waals surface area contributed by atoms with Crippen molar-refractivity contribution in [2.45, 2.75) is 19.4 Å². The smallest absolute Gasteiger partial charge is 0.229 e. The molecule has 0 saturated carbocycles. The number of rotatable bonds is 4. The standard InChI is InChI=1S/C17H18N2O3S/c1-12-6-8-13(9-7-12)17-11-16(18-22-17)14-4-3-5-15(10-14)19-23(2,20)21/h3-10,17,19H,11H2,1-2H3. The third-order valence-electron chi connectivity index (χ3n) is 3.62. The van der Waals surface area contributed by atoms with Gasteiger partial charge in [-0.3, -0.25) is 4.72 Å². The lowest BCUT2D eigenvalue weighted by atomic mass is 9.99. The Bertz CT molecular complexity index is 842. The molecule has 120 valence electrons. The fourth-order valence-corrected chi connectivity index (χ4v) is 3.04. The zero-order valence-electron chi connectivity index (χ0n) is 13.0. The van der Waals surface area contributed by atoms with Gasteiger partial charge in [0.25, 0.3) is 0 Å². The summed E-state index contributed by atoms with van der Waals surface area (Å²) in [4.78, 5) is 5.54. The van der Waals surface area contributed by atoms with E-state index in [1.807, 2.05) is 37.3 Å². The minimum absolute atomic E-state index is 0.0999. The summed E-state index contributed by atoms with van der Waals surface area (Å²) in [6.45, 7) is 2.04. The fraction of sp³-hybridized carbons (Fsp3) is 0.235. The highest BCUT2D eigenvalue weighted by Gasteiger charge is 2.24. The summed E-state index contributed by atoms with van der Waals surface area (Å²) >= 11 is 0. The second kappa shape index (κ2) is 6.04. The van der Waals surface area contributed by atoms with Gasteiger partial charge in [-0.2, -0.15) is 0 Å². The van der Waals surface area contributed by atoms with Crippen LogP contribution in [0.5, 0.6) is 0 Å². The molecule has 1 heterocycles. The van der Waals surface area contributed by atoms with Crippen LogP contribution in [0, 0.1) is 6.92 Å². The summed E-state index contributed by atoms with van der Waals surface area (Å²) in [5, 5.41) is 4.16. The first-order valence-electron chi connectivity index (χ1n) is 7.28. The summed E-state index contributed by atoms with van der Waals surface area (Å²) in [5.41, 5.74) is 4.47. The van der Waals surface area contributed by atoms with Crippen LogP contribution in [0.2, 0.25) is 0 Å². The molecule has 0 saturated heterocycles. The van der Waals surface area contributed by atoms with Crippen molar-refractivity contribution in [3.63, 3.8) is 0 Å². The lowest BCUT2D eigenvalue weighted by Crippen LogP contribution is -2.10. The molecule has 2 aromatic rings. The van der Waals surface area contributed by atoms with Crippen LogP contribution in [-0.2, 0) is 14.9 Å². The largest absolute Gasteiger partial charge is 0.387 e. The number of sulfonamides is 1. The predicted octanol–water partition coefficient (Wildman–Crippen LogP) is 3.23. The van der Waals surface area contributed by atoms with Crippen molar-refractivity contribution >= 4 is 21.4 Å². The van der Waals surface area contributed by atoms with Crippen molar-refractivity contribution in [1.29, 1.82) is 0 Å². The van der Waals surface area contributed by atoms with E-state index in [0.29, 0.717) is 12.1 Å². The molecule has 0 amide bonds. The Balaban J connectivity index is 1.76. The summed E-state index contributed by atoms with van der Waals surface area (Å²) < 4.78 is 25.1. The van der Waals surface area contributed by atoms with Gasteiger partial charge in [-0.15, -0.1) is 0 Å². The first kappa shape index (κ1) is 15.6. The van der Waals surface area contributed by atoms with Crippen LogP contribution in [0.3, 0.4) is 0 Å². The van der Waals surface area contributed by atoms with E-state index in [0.717, 1.165) is 23.1 Å². The van der Waals surface area contributed by atoms with Crippen LogP contribution in [0.4, 0.5) is 5.69 Å². The van der Waals surface area contributed by atoms with Crippen LogP contribution in [0.25, 0.3) is 0 Å². The maximum absolute atomic E-state index is 11.3. The Hall–Kier alpha value is -2.34. The lowest BCUT2D eigenvalue weighted by molar-refractivity contribution is 0.0857. The first-order valence-corrected chi connectivity index (χ1v) is 9.17. The highest BCUT2D eigenvalue weighted by molar-refractivity contribution is 7.92. The van der Waals surface area contributed by atoms with Gasteiger partial charge in [0.05, 0.1) is 12.0 Å². The van der Waals surface area contributed by atoms with Crippen molar-refractivity contribution in [1.82, 2.24) is 0 Å². The third kappa shape index (κ3) is 3.90. The van der Waals surface area contributed by atoms with Crippen LogP contribution >= 0.6 is 0 Å². The number of oxime groups is 1. The Morgan fingerprint density at radius 3 is 2.61 bits per heavy atom. The number of anilines is 1. The monoisotopic (exact) mass is 330 g/mol. The molecule has 0 aromatic heterocycles. The molecular weight excluding hydrogens is 312 g/mol. The Morgan fingerprint density at radius 2 is 1.91 bits per heavy atom. The minimum Gasteiger partial charge on any atom is -0.387 e. The van der Waals surface area contributed by atoms with Crippen molar-refractivity contribution in [2.24, 2.45) is 5.16 Å². The van der Waals surface area contributed by atoms with Gasteiger partial charge in [0.2, 0.25) is 10.0 Å². The molecule has 2 aromatic carbocycles. The fourth-order valence-electron chi connectivity index (χ4n) is 2.48. The number of benzene rings is 2. The molecule has 0 spiro atoms. The number of aryl methyl sites for hydroxylation is 1. The maximum atomic E-state index is 11.3. The molecule has 6 heteroatoms. The molecule has 23 heavy (non-hydrogen) atoms. The molecule has 0 radical (unpaired) electrons. The minimum atomic E-state index is -3.30. The van der Waals surface area contributed by atoms with Gasteiger partial charge in [-0.1, -0.05) is 47.1 Å². The zero-order valence-corrected chi connectivity index (χ0v) is 13.8. The van der Waals surface area contributed by atoms with E-state index in [-0.39, 0.29) is 6.10 Å². The van der Waals surface area contributed by atoms with Crippen molar-refractivity contribution in [3.05, 3.63) is 65.2 Å². The predicted molar refractivity (Wildman–Crippen MR) is 91.1 cm³/mol. The Morgan fingerprint density at radius 1 is 1.17 bits per heavy atom. The highest BCUT2D eigenvalue weighted by Crippen LogP contribution is 2.30. The first-order chi connectivity index (χ1) is 10.9. The zero-order chi connectivity index (χ0) is 16.4. The molecule has 1 unspecified atom stereocenters. The normalized spacial score (nSPS) is 17.5. The van der Waals surface area contributed by atoms with Crippen molar-refractivity contribution < 1.29 is 13.3 Å². The number of hydrogen-bond acceptors (Lipinski definition) is 4. The molecule has 5 nitrogen and oxygen atoms in total. The maximum Gasteiger partial charge on any atom is 0.229 e. The quantitative estimate of drug-likeness (QED) is 0.936. The average molecular weight is 330 g/mol. The summed E-state index contributed by atoms with van der Waals surface area (Å²) in [7, 11) is -3.30. The van der Waals surface area contributed by atoms with Crippen LogP contribution < -0.4 is 4.72 Å². The van der Waals surface area contributed by atoms with Gasteiger partial charge in [0, 0.05) is 17.7 Å². The van der Waals surface area contributed by atoms with E-state index >= 15 is 0 Å². The highest BCUT2D eigenvalue weighted by atomic mass is 32.2. The second-order valence-corrected chi connectivity index (χ2v) is 7.45. The van der Waals surface area contributed by atoms with Gasteiger partial charge in [0.15, 0.2) is 6.10 Å². The Labute approximate surface area is 136 Å². The van der Waals surface area contributed by atoms with Gasteiger partial charge in [-0.25, -0.2) is 8.42 Å². The molecule has 1 aliphatic heterocycles. The van der Waals surface area contributed by atoms with Crippen molar-refractivity contribution in [2.75, 3.05) is 11.0 Å². The third-order valence-corrected chi connectivity index (χ3v) is 4.22. The van der Waals surface area contributed by atoms with Crippen molar-refractivity contribution in [3.8, 4) is 0 Å². The van der Waals surface area contributed by atoms with Gasteiger partial charge in [0.1, 0.15) is 0 Å². The van der Waals surface area contributed by atoms with Gasteiger partial charge >= 0.3 is 0 Å². The number of hydrogen-bond donors (Lipinski definition) is 1. The van der Waals surface area contributed by atoms with E-state index in [9.17, 15) is 8.42 Å². The molecule has 0 fully saturated rings. The molecular formula is C17H18N2O3S. The topological polar surface area (TPSA) is 67.8 Å². The van der Waals surface area contributed by atoms with E-state index < -0.39 is 10.0 Å². The van der Waals surface area contributed by atoms with Gasteiger partial charge < -0.3 is 4.84 Å². The van der Waals surface area contributed by atoms with Crippen LogP contribution in [0.1, 0.15) is 29.2 Å². The lowest BCUT2D eigenvalue weighted by Gasteiger charge is -2.09. The Kier molecular flexibility index (Phi) is 4.09. The van der Waals surface area contributed by atoms with Crippen LogP contribution in [0.15, 0.2) is 53.7 Å². The summed E-state index contributed by atoms with van der Waals surface area (Å²) in [6.07, 6.45) is 1.69. The summed E-state index contributed by atoms with van der Waals surface area (Å²) in [6, 6.07) is 15.3. The number of nitrogens with one attached hydrogen (secondary N) is 1. The van der Waals surface area contributed by atoms with E-state index in [2.05, 4.69) is 9.88 Å². The van der Waals surface area contributed by atoms with E-state index in [1.54, 1.807) is 18.2 Å². The molecule has 1 atom stereocenters. The number of nitrogens with zero attached hydrogens (tertiary/aromatic N) is 1. The molecule has 1 aliphatic rings. The summed E-state index contributed by atoms with van der Waals surface area (Å²) in [5.74, 6) is 0. The second-order valence-electron chi connectivity index (χ2n) is 5.70. The van der Waals surface area contributed by atoms with Crippen LogP contribution in [-0.4, -0.2) is 20.4 Å². The SMILES string of the molecule is Cc1ccc(C2CC(c3cccc(NS(C)(=O)=O)c3)=NO2)cc1. The van der Waals surface area contributed by atoms with Gasteiger partial charge in [-0.05, 0) is 24.6 Å². The average Bonchev–Trinajstić information content (AvgIpc) is 2.96. The molecule has 0 aliphatic carbocycles. The molecule has 3 rings (SSSR count). The molecule has 1 N–H and O–H groups in total. The van der Waals surface area contributed by atoms with E-state index in [1.165, 1.54) is 5.56 Å². The molecule has 0 bridgehead atoms.